The lowest BCUT2D eigenvalue weighted by molar-refractivity contribution is 0.192. The molecule has 0 aliphatic carbocycles. The first-order valence-corrected chi connectivity index (χ1v) is 7.88. The Morgan fingerprint density at radius 2 is 2.20 bits per heavy atom. The van der Waals surface area contributed by atoms with Gasteiger partial charge in [0, 0.05) is 5.56 Å². The largest absolute Gasteiger partial charge is 0.490 e. The third-order valence-corrected chi connectivity index (χ3v) is 4.25. The van der Waals surface area contributed by atoms with Gasteiger partial charge in [0.15, 0.2) is 0 Å². The molecule has 1 aliphatic heterocycles. The summed E-state index contributed by atoms with van der Waals surface area (Å²) < 4.78 is 11.1. The average Bonchev–Trinajstić information content (AvgIpc) is 2.98. The van der Waals surface area contributed by atoms with Crippen molar-refractivity contribution in [2.45, 2.75) is 25.5 Å². The van der Waals surface area contributed by atoms with Gasteiger partial charge in [0.25, 0.3) is 0 Å². The summed E-state index contributed by atoms with van der Waals surface area (Å²) in [5.74, 6) is 4.20. The highest BCUT2D eigenvalue weighted by Gasteiger charge is 2.16. The Labute approximate surface area is 121 Å². The Kier molecular flexibility index (Phi) is 4.22. The minimum atomic E-state index is 0.253. The smallest absolute Gasteiger partial charge is 0.240 e. The molecule has 0 radical (unpaired) electrons. The lowest BCUT2D eigenvalue weighted by Gasteiger charge is -2.22. The molecule has 0 spiro atoms. The van der Waals surface area contributed by atoms with Gasteiger partial charge < -0.3 is 15.0 Å². The molecule has 6 heteroatoms. The summed E-state index contributed by atoms with van der Waals surface area (Å²) in [5.41, 5.74) is 6.36. The predicted molar refractivity (Wildman–Crippen MR) is 78.6 cm³/mol. The van der Waals surface area contributed by atoms with Crippen LogP contribution in [0.3, 0.4) is 0 Å². The molecule has 0 unspecified atom stereocenters. The molecular weight excluding hydrogens is 274 g/mol. The van der Waals surface area contributed by atoms with E-state index in [0.717, 1.165) is 24.2 Å². The van der Waals surface area contributed by atoms with E-state index in [-0.39, 0.29) is 6.54 Å². The Hall–Kier alpha value is -1.53. The highest BCUT2D eigenvalue weighted by Crippen LogP contribution is 2.26. The molecule has 0 saturated carbocycles. The molecule has 0 atom stereocenters. The summed E-state index contributed by atoms with van der Waals surface area (Å²) in [7, 11) is 0. The SMILES string of the molecule is NCc1nc(-c2cccc(OC3CCSCC3)c2)no1. The van der Waals surface area contributed by atoms with Crippen molar-refractivity contribution < 1.29 is 9.26 Å². The van der Waals surface area contributed by atoms with Crippen LogP contribution >= 0.6 is 11.8 Å². The maximum absolute atomic E-state index is 6.03. The zero-order valence-corrected chi connectivity index (χ0v) is 11.9. The van der Waals surface area contributed by atoms with E-state index in [1.54, 1.807) is 0 Å². The summed E-state index contributed by atoms with van der Waals surface area (Å²) >= 11 is 1.99. The van der Waals surface area contributed by atoms with Crippen molar-refractivity contribution in [3.8, 4) is 17.1 Å². The molecule has 5 nitrogen and oxygen atoms in total. The van der Waals surface area contributed by atoms with Gasteiger partial charge in [-0.05, 0) is 36.5 Å². The van der Waals surface area contributed by atoms with Gasteiger partial charge in [0.1, 0.15) is 11.9 Å². The van der Waals surface area contributed by atoms with Crippen LogP contribution in [0, 0.1) is 0 Å². The second-order valence-corrected chi connectivity index (χ2v) is 5.90. The number of nitrogens with two attached hydrogens (primary N) is 1. The number of rotatable bonds is 4. The van der Waals surface area contributed by atoms with E-state index in [2.05, 4.69) is 10.1 Å². The second-order valence-electron chi connectivity index (χ2n) is 4.67. The summed E-state index contributed by atoms with van der Waals surface area (Å²) in [6.45, 7) is 0.253. The van der Waals surface area contributed by atoms with Gasteiger partial charge in [-0.3, -0.25) is 0 Å². The molecule has 20 heavy (non-hydrogen) atoms. The molecule has 0 amide bonds. The number of nitrogens with zero attached hydrogens (tertiary/aromatic N) is 2. The summed E-state index contributed by atoms with van der Waals surface area (Å²) in [6, 6.07) is 7.80. The molecule has 0 bridgehead atoms. The maximum atomic E-state index is 6.03. The topological polar surface area (TPSA) is 74.2 Å². The van der Waals surface area contributed by atoms with E-state index < -0.39 is 0 Å². The van der Waals surface area contributed by atoms with Gasteiger partial charge in [-0.2, -0.15) is 16.7 Å². The number of thioether (sulfide) groups is 1. The summed E-state index contributed by atoms with van der Waals surface area (Å²) in [5, 5.41) is 3.92. The molecule has 2 heterocycles. The number of hydrogen-bond acceptors (Lipinski definition) is 6. The van der Waals surface area contributed by atoms with Crippen molar-refractivity contribution in [2.75, 3.05) is 11.5 Å². The fraction of sp³-hybridized carbons (Fsp3) is 0.429. The van der Waals surface area contributed by atoms with E-state index in [9.17, 15) is 0 Å². The van der Waals surface area contributed by atoms with Crippen molar-refractivity contribution in [3.63, 3.8) is 0 Å². The fourth-order valence-electron chi connectivity index (χ4n) is 2.15. The van der Waals surface area contributed by atoms with E-state index in [1.807, 2.05) is 36.0 Å². The zero-order valence-electron chi connectivity index (χ0n) is 11.1. The second kappa shape index (κ2) is 6.28. The number of aromatic nitrogens is 2. The monoisotopic (exact) mass is 291 g/mol. The third kappa shape index (κ3) is 3.13. The van der Waals surface area contributed by atoms with Crippen molar-refractivity contribution in [1.29, 1.82) is 0 Å². The van der Waals surface area contributed by atoms with Gasteiger partial charge in [0.05, 0.1) is 6.54 Å². The van der Waals surface area contributed by atoms with E-state index in [1.165, 1.54) is 11.5 Å². The quantitative estimate of drug-likeness (QED) is 0.932. The molecular formula is C14H17N3O2S. The van der Waals surface area contributed by atoms with Crippen LogP contribution in [0.15, 0.2) is 28.8 Å². The molecule has 1 aromatic heterocycles. The van der Waals surface area contributed by atoms with Crippen molar-refractivity contribution in [3.05, 3.63) is 30.2 Å². The fourth-order valence-corrected chi connectivity index (χ4v) is 3.21. The van der Waals surface area contributed by atoms with Crippen LogP contribution in [0.5, 0.6) is 5.75 Å². The van der Waals surface area contributed by atoms with Crippen molar-refractivity contribution in [1.82, 2.24) is 10.1 Å². The lowest BCUT2D eigenvalue weighted by atomic mass is 10.2. The normalized spacial score (nSPS) is 16.2. The van der Waals surface area contributed by atoms with E-state index >= 15 is 0 Å². The molecule has 1 fully saturated rings. The molecule has 1 saturated heterocycles. The van der Waals surface area contributed by atoms with Crippen LogP contribution in [0.4, 0.5) is 0 Å². The predicted octanol–water partition coefficient (Wildman–Crippen LogP) is 2.47. The average molecular weight is 291 g/mol. The first-order chi connectivity index (χ1) is 9.85. The number of hydrogen-bond donors (Lipinski definition) is 1. The minimum Gasteiger partial charge on any atom is -0.490 e. The molecule has 2 aromatic rings. The van der Waals surface area contributed by atoms with Crippen molar-refractivity contribution in [2.24, 2.45) is 5.73 Å². The first-order valence-electron chi connectivity index (χ1n) is 6.72. The first kappa shape index (κ1) is 13.5. The van der Waals surface area contributed by atoms with Crippen LogP contribution in [0.2, 0.25) is 0 Å². The van der Waals surface area contributed by atoms with Gasteiger partial charge in [0.2, 0.25) is 11.7 Å². The Morgan fingerprint density at radius 1 is 1.35 bits per heavy atom. The number of ether oxygens (including phenoxy) is 1. The lowest BCUT2D eigenvalue weighted by Crippen LogP contribution is -2.22. The minimum absolute atomic E-state index is 0.253. The zero-order chi connectivity index (χ0) is 13.8. The highest BCUT2D eigenvalue weighted by molar-refractivity contribution is 7.99. The molecule has 3 rings (SSSR count). The Morgan fingerprint density at radius 3 is 2.95 bits per heavy atom. The molecule has 1 aromatic carbocycles. The third-order valence-electron chi connectivity index (χ3n) is 3.21. The van der Waals surface area contributed by atoms with Crippen molar-refractivity contribution >= 4 is 11.8 Å². The van der Waals surface area contributed by atoms with Crippen LogP contribution in [0.1, 0.15) is 18.7 Å². The summed E-state index contributed by atoms with van der Waals surface area (Å²) in [6.07, 6.45) is 2.53. The van der Waals surface area contributed by atoms with E-state index in [0.29, 0.717) is 17.8 Å². The summed E-state index contributed by atoms with van der Waals surface area (Å²) in [4.78, 5) is 4.23. The Bertz CT molecular complexity index is 567. The van der Waals surface area contributed by atoms with Crippen LogP contribution in [-0.2, 0) is 6.54 Å². The molecule has 2 N–H and O–H groups in total. The molecule has 106 valence electrons. The van der Waals surface area contributed by atoms with E-state index in [4.69, 9.17) is 15.0 Å². The van der Waals surface area contributed by atoms with Gasteiger partial charge in [-0.1, -0.05) is 17.3 Å². The van der Waals surface area contributed by atoms with Gasteiger partial charge in [-0.25, -0.2) is 0 Å². The van der Waals surface area contributed by atoms with Crippen LogP contribution in [-0.4, -0.2) is 27.8 Å². The number of benzene rings is 1. The maximum Gasteiger partial charge on any atom is 0.240 e. The highest BCUT2D eigenvalue weighted by atomic mass is 32.2. The van der Waals surface area contributed by atoms with Gasteiger partial charge in [-0.15, -0.1) is 0 Å². The standard InChI is InChI=1S/C14H17N3O2S/c15-9-13-16-14(17-19-13)10-2-1-3-12(8-10)18-11-4-6-20-7-5-11/h1-3,8,11H,4-7,9,15H2. The van der Waals surface area contributed by atoms with Crippen LogP contribution < -0.4 is 10.5 Å². The molecule has 1 aliphatic rings. The van der Waals surface area contributed by atoms with Crippen LogP contribution in [0.25, 0.3) is 11.4 Å². The Balaban J connectivity index is 1.74. The van der Waals surface area contributed by atoms with Gasteiger partial charge >= 0.3 is 0 Å².